The van der Waals surface area contributed by atoms with Crippen molar-refractivity contribution in [1.29, 1.82) is 0 Å². The summed E-state index contributed by atoms with van der Waals surface area (Å²) in [6.07, 6.45) is 5.41. The maximum absolute atomic E-state index is 13.1. The molecule has 3 aliphatic rings. The highest BCUT2D eigenvalue weighted by Gasteiger charge is 2.65. The number of carbonyl (C=O) groups excluding carboxylic acids is 2. The summed E-state index contributed by atoms with van der Waals surface area (Å²) >= 11 is 0. The second kappa shape index (κ2) is 7.28. The molecule has 33 heavy (non-hydrogen) atoms. The molecular weight excluding hydrogens is 440 g/mol. The quantitative estimate of drug-likeness (QED) is 0.698. The van der Waals surface area contributed by atoms with Gasteiger partial charge >= 0.3 is 6.03 Å². The number of amides is 2. The normalized spacial score (nSPS) is 27.6. The topological polar surface area (TPSA) is 122 Å². The van der Waals surface area contributed by atoms with Crippen LogP contribution in [-0.4, -0.2) is 35.9 Å². The van der Waals surface area contributed by atoms with Crippen LogP contribution in [0.1, 0.15) is 55.8 Å². The number of primary amides is 1. The number of nitrogens with one attached hydrogen (secondary N) is 1. The minimum atomic E-state index is -3.73. The van der Waals surface area contributed by atoms with E-state index in [1.54, 1.807) is 41.6 Å². The zero-order chi connectivity index (χ0) is 23.6. The summed E-state index contributed by atoms with van der Waals surface area (Å²) in [5.74, 6) is 0.144. The van der Waals surface area contributed by atoms with Crippen LogP contribution in [-0.2, 0) is 21.4 Å². The van der Waals surface area contributed by atoms with Gasteiger partial charge in [0.05, 0.1) is 23.8 Å². The van der Waals surface area contributed by atoms with E-state index >= 15 is 0 Å². The monoisotopic (exact) mass is 468 g/mol. The molecule has 174 valence electrons. The molecule has 2 heterocycles. The number of ketones is 1. The number of sulfonamides is 1. The number of aromatic nitrogens is 1. The van der Waals surface area contributed by atoms with Gasteiger partial charge in [-0.3, -0.25) is 14.5 Å². The molecule has 1 unspecified atom stereocenters. The predicted octanol–water partition coefficient (Wildman–Crippen LogP) is 3.20. The molecule has 2 fully saturated rings. The zero-order valence-corrected chi connectivity index (χ0v) is 19.6. The Morgan fingerprint density at radius 1 is 1.24 bits per heavy atom. The predicted molar refractivity (Wildman–Crippen MR) is 124 cm³/mol. The number of Topliss-reactive ketones (excluding diaryl/α,β-unsaturated/α-hetero) is 1. The van der Waals surface area contributed by atoms with Crippen LogP contribution in [0.4, 0.5) is 10.5 Å². The van der Waals surface area contributed by atoms with E-state index in [1.807, 2.05) is 19.9 Å². The van der Waals surface area contributed by atoms with Gasteiger partial charge in [0.1, 0.15) is 5.78 Å². The summed E-state index contributed by atoms with van der Waals surface area (Å²) in [5.41, 5.74) is 7.61. The maximum Gasteiger partial charge on any atom is 0.315 e. The average Bonchev–Trinajstić information content (AvgIpc) is 3.31. The van der Waals surface area contributed by atoms with Crippen LogP contribution in [0.5, 0.6) is 0 Å². The lowest BCUT2D eigenvalue weighted by Gasteiger charge is -2.36. The smallest absolute Gasteiger partial charge is 0.315 e. The Morgan fingerprint density at radius 2 is 1.97 bits per heavy atom. The van der Waals surface area contributed by atoms with Crippen LogP contribution in [0.2, 0.25) is 0 Å². The van der Waals surface area contributed by atoms with Crippen molar-refractivity contribution in [3.05, 3.63) is 59.4 Å². The average molecular weight is 469 g/mol. The SMILES string of the molecule is CC1(C)[C@@H]2CC[C@@]1(CS(=O)(=O)Nc1ccc(C3c4ccncc4CN3C(N)=O)cc1)C(=O)C2. The highest BCUT2D eigenvalue weighted by molar-refractivity contribution is 7.92. The summed E-state index contributed by atoms with van der Waals surface area (Å²) in [6.45, 7) is 4.43. The van der Waals surface area contributed by atoms with Crippen molar-refractivity contribution in [3.63, 3.8) is 0 Å². The van der Waals surface area contributed by atoms with Crippen molar-refractivity contribution < 1.29 is 18.0 Å². The first-order valence-electron chi connectivity index (χ1n) is 11.2. The van der Waals surface area contributed by atoms with E-state index in [0.717, 1.165) is 23.1 Å². The summed E-state index contributed by atoms with van der Waals surface area (Å²) in [5, 5.41) is 0. The molecule has 0 spiro atoms. The van der Waals surface area contributed by atoms with Crippen molar-refractivity contribution in [2.45, 2.75) is 45.7 Å². The number of nitrogens with two attached hydrogens (primary N) is 1. The molecule has 1 aromatic carbocycles. The highest BCUT2D eigenvalue weighted by atomic mass is 32.2. The molecule has 5 rings (SSSR count). The minimum absolute atomic E-state index is 0.0744. The van der Waals surface area contributed by atoms with E-state index < -0.39 is 21.5 Å². The molecule has 1 aliphatic heterocycles. The van der Waals surface area contributed by atoms with Crippen LogP contribution >= 0.6 is 0 Å². The van der Waals surface area contributed by atoms with Crippen LogP contribution in [0, 0.1) is 16.7 Å². The largest absolute Gasteiger partial charge is 0.351 e. The van der Waals surface area contributed by atoms with E-state index in [4.69, 9.17) is 5.73 Å². The van der Waals surface area contributed by atoms with Gasteiger partial charge in [-0.1, -0.05) is 26.0 Å². The van der Waals surface area contributed by atoms with Gasteiger partial charge in [0, 0.05) is 24.5 Å². The van der Waals surface area contributed by atoms with Gasteiger partial charge in [0.25, 0.3) is 0 Å². The highest BCUT2D eigenvalue weighted by Crippen LogP contribution is 2.64. The maximum atomic E-state index is 13.1. The molecule has 9 heteroatoms. The Kier molecular flexibility index (Phi) is 4.83. The fourth-order valence-corrected chi connectivity index (χ4v) is 8.12. The molecule has 2 aromatic rings. The Hall–Kier alpha value is -2.94. The number of hydrogen-bond donors (Lipinski definition) is 2. The van der Waals surface area contributed by atoms with Gasteiger partial charge in [0.15, 0.2) is 0 Å². The van der Waals surface area contributed by atoms with E-state index in [9.17, 15) is 18.0 Å². The lowest BCUT2D eigenvalue weighted by atomic mass is 9.70. The van der Waals surface area contributed by atoms with Crippen molar-refractivity contribution in [2.75, 3.05) is 10.5 Å². The third-order valence-corrected chi connectivity index (χ3v) is 9.67. The number of anilines is 1. The third kappa shape index (κ3) is 3.32. The first-order valence-corrected chi connectivity index (χ1v) is 12.8. The summed E-state index contributed by atoms with van der Waals surface area (Å²) in [7, 11) is -3.73. The molecule has 0 radical (unpaired) electrons. The molecule has 2 aliphatic carbocycles. The molecule has 2 amide bonds. The number of rotatable bonds is 5. The molecular formula is C24H28N4O4S. The van der Waals surface area contributed by atoms with Gasteiger partial charge in [-0.2, -0.15) is 0 Å². The van der Waals surface area contributed by atoms with Gasteiger partial charge in [-0.05, 0) is 59.1 Å². The molecule has 1 aromatic heterocycles. The summed E-state index contributed by atoms with van der Waals surface area (Å²) in [4.78, 5) is 30.5. The third-order valence-electron chi connectivity index (χ3n) is 8.25. The van der Waals surface area contributed by atoms with E-state index in [2.05, 4.69) is 9.71 Å². The summed E-state index contributed by atoms with van der Waals surface area (Å²) in [6, 6.07) is 7.94. The number of fused-ring (bicyclic) bond motifs is 3. The van der Waals surface area contributed by atoms with Gasteiger partial charge in [-0.25, -0.2) is 13.2 Å². The molecule has 2 bridgehead atoms. The fourth-order valence-electron chi connectivity index (χ4n) is 6.23. The van der Waals surface area contributed by atoms with Crippen molar-refractivity contribution >= 4 is 27.5 Å². The van der Waals surface area contributed by atoms with Crippen molar-refractivity contribution in [1.82, 2.24) is 9.88 Å². The Morgan fingerprint density at radius 3 is 2.58 bits per heavy atom. The number of urea groups is 1. The molecule has 3 atom stereocenters. The summed E-state index contributed by atoms with van der Waals surface area (Å²) < 4.78 is 28.8. The van der Waals surface area contributed by atoms with Gasteiger partial charge in [-0.15, -0.1) is 0 Å². The van der Waals surface area contributed by atoms with E-state index in [1.165, 1.54) is 0 Å². The first-order chi connectivity index (χ1) is 15.5. The second-order valence-electron chi connectivity index (χ2n) is 10.1. The van der Waals surface area contributed by atoms with Crippen molar-refractivity contribution in [3.8, 4) is 0 Å². The van der Waals surface area contributed by atoms with Crippen LogP contribution in [0.3, 0.4) is 0 Å². The number of hydrogen-bond acceptors (Lipinski definition) is 5. The number of carbonyl (C=O) groups is 2. The van der Waals surface area contributed by atoms with Gasteiger partial charge in [0.2, 0.25) is 10.0 Å². The van der Waals surface area contributed by atoms with Gasteiger partial charge < -0.3 is 10.6 Å². The fraction of sp³-hybridized carbons (Fsp3) is 0.458. The Bertz CT molecular complexity index is 1240. The first kappa shape index (κ1) is 21.9. The van der Waals surface area contributed by atoms with Crippen LogP contribution < -0.4 is 10.5 Å². The van der Waals surface area contributed by atoms with Crippen molar-refractivity contribution in [2.24, 2.45) is 22.5 Å². The van der Waals surface area contributed by atoms with E-state index in [-0.39, 0.29) is 28.9 Å². The van der Waals surface area contributed by atoms with Crippen LogP contribution in [0.15, 0.2) is 42.7 Å². The number of benzene rings is 1. The Labute approximate surface area is 193 Å². The lowest BCUT2D eigenvalue weighted by molar-refractivity contribution is -0.128. The second-order valence-corrected chi connectivity index (χ2v) is 11.8. The standard InChI is InChI=1S/C24H28N4O4S/c1-23(2)17-7-9-24(23,20(29)11-17)14-33(31,32)27-18-5-3-15(4-6-18)21-19-8-10-26-12-16(19)13-28(21)22(25)30/h3-6,8,10,12,17,21,27H,7,9,11,13-14H2,1-2H3,(H2,25,30)/t17-,21?,24-/m1/s1. The molecule has 2 saturated carbocycles. The van der Waals surface area contributed by atoms with E-state index in [0.29, 0.717) is 25.1 Å². The molecule has 3 N–H and O–H groups in total. The number of pyridine rings is 1. The minimum Gasteiger partial charge on any atom is -0.351 e. The zero-order valence-electron chi connectivity index (χ0n) is 18.7. The Balaban J connectivity index is 1.37. The number of nitrogens with zero attached hydrogens (tertiary/aromatic N) is 2. The van der Waals surface area contributed by atoms with Crippen LogP contribution in [0.25, 0.3) is 0 Å². The molecule has 0 saturated heterocycles. The molecule has 8 nitrogen and oxygen atoms in total. The lowest BCUT2D eigenvalue weighted by Crippen LogP contribution is -2.43.